The Morgan fingerprint density at radius 2 is 1.88 bits per heavy atom. The van der Waals surface area contributed by atoms with Gasteiger partial charge in [-0.15, -0.1) is 0 Å². The molecule has 0 radical (unpaired) electrons. The van der Waals surface area contributed by atoms with Gasteiger partial charge in [0, 0.05) is 8.54 Å². The zero-order chi connectivity index (χ0) is 13.3. The summed E-state index contributed by atoms with van der Waals surface area (Å²) in [7, 11) is 0. The highest BCUT2D eigenvalue weighted by molar-refractivity contribution is 7.80. The van der Waals surface area contributed by atoms with Crippen molar-refractivity contribution in [2.24, 2.45) is 11.7 Å². The highest BCUT2D eigenvalue weighted by Gasteiger charge is 2.01. The van der Waals surface area contributed by atoms with Gasteiger partial charge in [0.15, 0.2) is 5.11 Å². The van der Waals surface area contributed by atoms with Gasteiger partial charge in [-0.1, -0.05) is 46.2 Å². The van der Waals surface area contributed by atoms with E-state index in [0.29, 0.717) is 5.11 Å². The summed E-state index contributed by atoms with van der Waals surface area (Å²) in [5, 5.41) is 3.22. The first-order valence-electron chi connectivity index (χ1n) is 6.27. The molecule has 1 aromatic carbocycles. The molecule has 3 N–H and O–H groups in total. The number of rotatable bonds is 4. The Hall–Kier alpha value is -1.09. The third-order valence-corrected chi connectivity index (χ3v) is 2.60. The van der Waals surface area contributed by atoms with Gasteiger partial charge in [-0.25, -0.2) is 0 Å². The molecule has 0 heterocycles. The third-order valence-electron chi connectivity index (χ3n) is 2.50. The summed E-state index contributed by atoms with van der Waals surface area (Å²) in [6.45, 7) is 8.48. The molecule has 0 saturated carbocycles. The molecule has 1 atom stereocenters. The number of hydrogen-bond donors (Lipinski definition) is 2. The number of nitrogens with two attached hydrogens (primary N) is 1. The van der Waals surface area contributed by atoms with E-state index in [2.05, 4.69) is 31.3 Å². The molecule has 3 heteroatoms. The van der Waals surface area contributed by atoms with Crippen LogP contribution in [0.5, 0.6) is 0 Å². The van der Waals surface area contributed by atoms with E-state index in [9.17, 15) is 0 Å². The van der Waals surface area contributed by atoms with Crippen molar-refractivity contribution in [1.29, 1.82) is 0 Å². The molecule has 17 heavy (non-hydrogen) atoms. The van der Waals surface area contributed by atoms with Crippen LogP contribution >= 0.6 is 12.2 Å². The molecule has 0 aromatic heterocycles. The fraction of sp³-hybridized carbons (Fsp3) is 0.500. The molecular weight excluding hydrogens is 228 g/mol. The molecule has 1 unspecified atom stereocenters. The van der Waals surface area contributed by atoms with E-state index < -0.39 is 0 Å². The van der Waals surface area contributed by atoms with Crippen LogP contribution in [-0.4, -0.2) is 5.11 Å². The maximum Gasteiger partial charge on any atom is 0.168 e. The second kappa shape index (κ2) is 8.99. The highest BCUT2D eigenvalue weighted by Crippen LogP contribution is 2.14. The monoisotopic (exact) mass is 256 g/mol. The summed E-state index contributed by atoms with van der Waals surface area (Å²) in [6, 6.07) is 8.26. The van der Waals surface area contributed by atoms with E-state index in [-0.39, 0.29) is 2.85 Å². The zero-order valence-corrected chi connectivity index (χ0v) is 12.1. The Morgan fingerprint density at radius 3 is 2.29 bits per heavy atom. The Kier molecular flexibility index (Phi) is 8.42. The van der Waals surface area contributed by atoms with Gasteiger partial charge in [-0.2, -0.15) is 0 Å². The molecule has 1 aromatic rings. The average molecular weight is 256 g/mol. The Balaban J connectivity index is -0.000000609. The van der Waals surface area contributed by atoms with Crippen LogP contribution in [0.25, 0.3) is 0 Å². The van der Waals surface area contributed by atoms with Gasteiger partial charge < -0.3 is 11.1 Å². The topological polar surface area (TPSA) is 38.0 Å². The third kappa shape index (κ3) is 6.95. The van der Waals surface area contributed by atoms with Crippen LogP contribution in [0.2, 0.25) is 0 Å². The lowest BCUT2D eigenvalue weighted by Gasteiger charge is -2.09. The maximum absolute atomic E-state index is 5.39. The summed E-state index contributed by atoms with van der Waals surface area (Å²) < 4.78 is 0. The average Bonchev–Trinajstić information content (AvgIpc) is 2.33. The summed E-state index contributed by atoms with van der Waals surface area (Å²) in [6.07, 6.45) is 2.34. The van der Waals surface area contributed by atoms with Crippen LogP contribution < -0.4 is 11.1 Å². The van der Waals surface area contributed by atoms with Gasteiger partial charge in [-0.05, 0) is 42.3 Å². The first-order chi connectivity index (χ1) is 8.11. The van der Waals surface area contributed by atoms with Crippen LogP contribution in [-0.2, 0) is 6.42 Å². The predicted molar refractivity (Wildman–Crippen MR) is 85.6 cm³/mol. The summed E-state index contributed by atoms with van der Waals surface area (Å²) >= 11 is 4.77. The normalized spacial score (nSPS) is 11.1. The molecule has 100 valence electrons. The number of hydrogen-bond acceptors (Lipinski definition) is 1. The summed E-state index contributed by atoms with van der Waals surface area (Å²) in [4.78, 5) is 0. The number of benzene rings is 1. The van der Waals surface area contributed by atoms with Gasteiger partial charge in [-0.3, -0.25) is 0 Å². The highest BCUT2D eigenvalue weighted by atomic mass is 32.1. The van der Waals surface area contributed by atoms with Gasteiger partial charge in [0.05, 0.1) is 0 Å². The molecule has 2 nitrogen and oxygen atoms in total. The molecule has 0 bridgehead atoms. The van der Waals surface area contributed by atoms with Crippen molar-refractivity contribution in [3.63, 3.8) is 0 Å². The molecule has 0 saturated heterocycles. The fourth-order valence-corrected chi connectivity index (χ4v) is 1.53. The minimum Gasteiger partial charge on any atom is -0.376 e. The van der Waals surface area contributed by atoms with Crippen molar-refractivity contribution < 1.29 is 2.85 Å². The van der Waals surface area contributed by atoms with Crippen molar-refractivity contribution in [2.45, 2.75) is 40.5 Å². The molecule has 0 aliphatic rings. The predicted octanol–water partition coefficient (Wildman–Crippen LogP) is 4.45. The lowest BCUT2D eigenvalue weighted by atomic mass is 9.99. The minimum absolute atomic E-state index is 0. The Labute approximate surface area is 114 Å². The van der Waals surface area contributed by atoms with Crippen LogP contribution in [0.3, 0.4) is 0 Å². The van der Waals surface area contributed by atoms with Crippen molar-refractivity contribution in [1.82, 2.24) is 0 Å². The van der Waals surface area contributed by atoms with Crippen LogP contribution in [0.1, 0.15) is 42.5 Å². The van der Waals surface area contributed by atoms with E-state index in [1.54, 1.807) is 0 Å². The molecule has 0 aliphatic heterocycles. The minimum atomic E-state index is 0. The van der Waals surface area contributed by atoms with Crippen molar-refractivity contribution in [2.75, 3.05) is 5.32 Å². The second-order valence-corrected chi connectivity index (χ2v) is 4.34. The van der Waals surface area contributed by atoms with E-state index in [1.807, 2.05) is 26.0 Å². The zero-order valence-electron chi connectivity index (χ0n) is 11.3. The molecule has 0 spiro atoms. The van der Waals surface area contributed by atoms with Crippen molar-refractivity contribution in [3.05, 3.63) is 29.8 Å². The molecule has 0 amide bonds. The van der Waals surface area contributed by atoms with Crippen molar-refractivity contribution in [3.8, 4) is 0 Å². The summed E-state index contributed by atoms with van der Waals surface area (Å²) in [5.74, 6) is 0.736. The molecule has 0 aliphatic carbocycles. The SMILES string of the molecule is CC.CCC(C)Cc1ccc(NC(N)=S)cc1.[HH].[HH]. The number of nitrogens with one attached hydrogen (secondary N) is 1. The Morgan fingerprint density at radius 1 is 1.35 bits per heavy atom. The van der Waals surface area contributed by atoms with Crippen molar-refractivity contribution >= 4 is 23.0 Å². The van der Waals surface area contributed by atoms with Gasteiger partial charge in [0.1, 0.15) is 0 Å². The van der Waals surface area contributed by atoms with E-state index in [4.69, 9.17) is 18.0 Å². The van der Waals surface area contributed by atoms with Gasteiger partial charge in [0.2, 0.25) is 0 Å². The van der Waals surface area contributed by atoms with Crippen LogP contribution in [0, 0.1) is 5.92 Å². The van der Waals surface area contributed by atoms with Gasteiger partial charge in [0.25, 0.3) is 0 Å². The van der Waals surface area contributed by atoms with E-state index in [1.165, 1.54) is 12.0 Å². The lowest BCUT2D eigenvalue weighted by Crippen LogP contribution is -2.18. The smallest absolute Gasteiger partial charge is 0.168 e. The van der Waals surface area contributed by atoms with E-state index in [0.717, 1.165) is 18.0 Å². The first-order valence-corrected chi connectivity index (χ1v) is 6.68. The van der Waals surface area contributed by atoms with E-state index >= 15 is 0 Å². The van der Waals surface area contributed by atoms with Gasteiger partial charge >= 0.3 is 0 Å². The molecule has 1 rings (SSSR count). The standard InChI is InChI=1S/C12H18N2S.C2H6.2H2/c1-3-9(2)8-10-4-6-11(7-5-10)14-12(13)15;1-2;;/h4-7,9H,3,8H2,1-2H3,(H3,13,14,15);1-2H3;2*1H. The maximum atomic E-state index is 5.39. The molecule has 0 fully saturated rings. The second-order valence-electron chi connectivity index (χ2n) is 3.90. The Bertz CT molecular complexity index is 329. The fourth-order valence-electron chi connectivity index (χ4n) is 1.41. The number of thiocarbonyl (C=S) groups is 1. The first kappa shape index (κ1) is 15.9. The number of anilines is 1. The van der Waals surface area contributed by atoms with Crippen LogP contribution in [0.4, 0.5) is 5.69 Å². The quantitative estimate of drug-likeness (QED) is 0.782. The van der Waals surface area contributed by atoms with Crippen LogP contribution in [0.15, 0.2) is 24.3 Å². The molecular formula is C14H28N2S. The lowest BCUT2D eigenvalue weighted by molar-refractivity contribution is 0.560. The summed E-state index contributed by atoms with van der Waals surface area (Å²) in [5.41, 5.74) is 7.70. The largest absolute Gasteiger partial charge is 0.376 e.